The molecule has 0 aliphatic rings. The molecule has 0 spiro atoms. The Morgan fingerprint density at radius 2 is 1.39 bits per heavy atom. The van der Waals surface area contributed by atoms with Crippen LogP contribution < -0.4 is 24.3 Å². The summed E-state index contributed by atoms with van der Waals surface area (Å²) in [6, 6.07) is 10.6. The van der Waals surface area contributed by atoms with Crippen molar-refractivity contribution >= 4 is 11.6 Å². The van der Waals surface area contributed by atoms with E-state index in [1.54, 1.807) is 12.1 Å². The Hall–Kier alpha value is -2.89. The number of carbonyl (C=O) groups excluding carboxylic acids is 1. The molecule has 0 aliphatic heterocycles. The van der Waals surface area contributed by atoms with Gasteiger partial charge in [0.15, 0.2) is 11.5 Å². The van der Waals surface area contributed by atoms with Crippen LogP contribution in [-0.4, -0.2) is 32.3 Å². The molecule has 0 radical (unpaired) electrons. The molecule has 1 amide bonds. The number of ether oxygens (including phenoxy) is 4. The zero-order valence-corrected chi connectivity index (χ0v) is 17.0. The van der Waals surface area contributed by atoms with Crippen molar-refractivity contribution in [2.24, 2.45) is 0 Å². The Balaban J connectivity index is 2.23. The molecule has 0 saturated carbocycles. The molecule has 2 aromatic carbocycles. The number of amides is 1. The van der Waals surface area contributed by atoms with Gasteiger partial charge in [0.25, 0.3) is 5.91 Å². The number of rotatable bonds is 11. The first-order valence-electron chi connectivity index (χ1n) is 9.73. The summed E-state index contributed by atoms with van der Waals surface area (Å²) < 4.78 is 22.6. The van der Waals surface area contributed by atoms with Gasteiger partial charge >= 0.3 is 0 Å². The molecule has 2 rings (SSSR count). The molecular formula is C22H29NO5. The first-order chi connectivity index (χ1) is 13.6. The second-order valence-electron chi connectivity index (χ2n) is 5.93. The summed E-state index contributed by atoms with van der Waals surface area (Å²) >= 11 is 0. The first kappa shape index (κ1) is 21.4. The maximum Gasteiger partial charge on any atom is 0.255 e. The molecule has 6 nitrogen and oxygen atoms in total. The molecular weight excluding hydrogens is 358 g/mol. The molecule has 0 unspecified atom stereocenters. The van der Waals surface area contributed by atoms with Crippen molar-refractivity contribution in [3.8, 4) is 23.0 Å². The van der Waals surface area contributed by atoms with Gasteiger partial charge in [-0.15, -0.1) is 0 Å². The van der Waals surface area contributed by atoms with Gasteiger partial charge in [-0.05, 0) is 63.6 Å². The fourth-order valence-corrected chi connectivity index (χ4v) is 2.58. The highest BCUT2D eigenvalue weighted by Gasteiger charge is 2.18. The summed E-state index contributed by atoms with van der Waals surface area (Å²) in [5.41, 5.74) is 1.11. The van der Waals surface area contributed by atoms with E-state index in [0.29, 0.717) is 54.9 Å². The summed E-state index contributed by atoms with van der Waals surface area (Å²) in [5.74, 6) is 2.01. The largest absolute Gasteiger partial charge is 0.494 e. The van der Waals surface area contributed by atoms with Gasteiger partial charge in [-0.3, -0.25) is 4.79 Å². The monoisotopic (exact) mass is 387 g/mol. The van der Waals surface area contributed by atoms with Gasteiger partial charge in [-0.1, -0.05) is 6.92 Å². The molecule has 0 saturated heterocycles. The van der Waals surface area contributed by atoms with Crippen LogP contribution in [-0.2, 0) is 0 Å². The number of benzene rings is 2. The highest BCUT2D eigenvalue weighted by Crippen LogP contribution is 2.39. The van der Waals surface area contributed by atoms with Crippen LogP contribution in [0.1, 0.15) is 44.5 Å². The van der Waals surface area contributed by atoms with Crippen molar-refractivity contribution in [1.29, 1.82) is 0 Å². The molecule has 1 N–H and O–H groups in total. The van der Waals surface area contributed by atoms with E-state index in [1.807, 2.05) is 45.0 Å². The number of hydrogen-bond acceptors (Lipinski definition) is 5. The predicted octanol–water partition coefficient (Wildman–Crippen LogP) is 4.92. The van der Waals surface area contributed by atoms with Crippen molar-refractivity contribution in [1.82, 2.24) is 0 Å². The maximum atomic E-state index is 12.8. The van der Waals surface area contributed by atoms with Crippen molar-refractivity contribution in [3.63, 3.8) is 0 Å². The van der Waals surface area contributed by atoms with E-state index >= 15 is 0 Å². The quantitative estimate of drug-likeness (QED) is 0.593. The predicted molar refractivity (Wildman–Crippen MR) is 110 cm³/mol. The third kappa shape index (κ3) is 5.81. The van der Waals surface area contributed by atoms with Gasteiger partial charge in [-0.25, -0.2) is 0 Å². The van der Waals surface area contributed by atoms with Crippen LogP contribution >= 0.6 is 0 Å². The highest BCUT2D eigenvalue weighted by molar-refractivity contribution is 6.05. The zero-order chi connectivity index (χ0) is 20.4. The van der Waals surface area contributed by atoms with Gasteiger partial charge in [0.05, 0.1) is 26.4 Å². The summed E-state index contributed by atoms with van der Waals surface area (Å²) in [6.07, 6.45) is 0.945. The lowest BCUT2D eigenvalue weighted by molar-refractivity contribution is 0.102. The van der Waals surface area contributed by atoms with Gasteiger partial charge in [0.2, 0.25) is 5.75 Å². The minimum atomic E-state index is -0.257. The molecule has 0 bridgehead atoms. The van der Waals surface area contributed by atoms with E-state index in [0.717, 1.165) is 12.2 Å². The van der Waals surface area contributed by atoms with E-state index in [2.05, 4.69) is 12.2 Å². The Morgan fingerprint density at radius 3 is 1.89 bits per heavy atom. The number of hydrogen-bond donors (Lipinski definition) is 1. The topological polar surface area (TPSA) is 66.0 Å². The average molecular weight is 387 g/mol. The zero-order valence-electron chi connectivity index (χ0n) is 17.0. The van der Waals surface area contributed by atoms with E-state index in [1.165, 1.54) is 0 Å². The van der Waals surface area contributed by atoms with Gasteiger partial charge < -0.3 is 24.3 Å². The molecule has 0 aliphatic carbocycles. The Morgan fingerprint density at radius 1 is 0.821 bits per heavy atom. The summed E-state index contributed by atoms with van der Waals surface area (Å²) in [5, 5.41) is 2.89. The summed E-state index contributed by atoms with van der Waals surface area (Å²) in [4.78, 5) is 12.8. The normalized spacial score (nSPS) is 10.3. The van der Waals surface area contributed by atoms with Gasteiger partial charge in [0, 0.05) is 11.3 Å². The van der Waals surface area contributed by atoms with Crippen LogP contribution in [0, 0.1) is 0 Å². The first-order valence-corrected chi connectivity index (χ1v) is 9.73. The van der Waals surface area contributed by atoms with E-state index in [9.17, 15) is 4.79 Å². The van der Waals surface area contributed by atoms with Crippen LogP contribution in [0.2, 0.25) is 0 Å². The minimum Gasteiger partial charge on any atom is -0.494 e. The number of nitrogens with one attached hydrogen (secondary N) is 1. The molecule has 2 aromatic rings. The number of carbonyl (C=O) groups is 1. The smallest absolute Gasteiger partial charge is 0.255 e. The van der Waals surface area contributed by atoms with Crippen molar-refractivity contribution in [3.05, 3.63) is 42.0 Å². The molecule has 0 aromatic heterocycles. The van der Waals surface area contributed by atoms with Crippen molar-refractivity contribution in [2.75, 3.05) is 31.7 Å². The fourth-order valence-electron chi connectivity index (χ4n) is 2.58. The Labute approximate surface area is 166 Å². The molecule has 0 atom stereocenters. The summed E-state index contributed by atoms with van der Waals surface area (Å²) in [7, 11) is 0. The van der Waals surface area contributed by atoms with Crippen LogP contribution in [0.5, 0.6) is 23.0 Å². The SMILES string of the molecule is CCCOc1ccc(NC(=O)c2cc(OCC)c(OCC)c(OCC)c2)cc1. The fraction of sp³-hybridized carbons (Fsp3) is 0.409. The van der Waals surface area contributed by atoms with Gasteiger partial charge in [0.1, 0.15) is 5.75 Å². The molecule has 0 fully saturated rings. The van der Waals surface area contributed by atoms with Crippen LogP contribution in [0.25, 0.3) is 0 Å². The van der Waals surface area contributed by atoms with Crippen LogP contribution in [0.4, 0.5) is 5.69 Å². The second-order valence-corrected chi connectivity index (χ2v) is 5.93. The molecule has 6 heteroatoms. The second kappa shape index (κ2) is 11.1. The van der Waals surface area contributed by atoms with Gasteiger partial charge in [-0.2, -0.15) is 0 Å². The van der Waals surface area contributed by atoms with Crippen LogP contribution in [0.3, 0.4) is 0 Å². The van der Waals surface area contributed by atoms with Crippen LogP contribution in [0.15, 0.2) is 36.4 Å². The lowest BCUT2D eigenvalue weighted by atomic mass is 10.1. The van der Waals surface area contributed by atoms with E-state index in [4.69, 9.17) is 18.9 Å². The molecule has 28 heavy (non-hydrogen) atoms. The van der Waals surface area contributed by atoms with E-state index in [-0.39, 0.29) is 5.91 Å². The van der Waals surface area contributed by atoms with E-state index < -0.39 is 0 Å². The van der Waals surface area contributed by atoms with Crippen molar-refractivity contribution in [2.45, 2.75) is 34.1 Å². The molecule has 0 heterocycles. The third-order valence-corrected chi connectivity index (χ3v) is 3.76. The minimum absolute atomic E-state index is 0.257. The molecule has 152 valence electrons. The lowest BCUT2D eigenvalue weighted by Gasteiger charge is -2.17. The number of anilines is 1. The highest BCUT2D eigenvalue weighted by atomic mass is 16.5. The summed E-state index contributed by atoms with van der Waals surface area (Å²) in [6.45, 7) is 9.75. The third-order valence-electron chi connectivity index (χ3n) is 3.76. The lowest BCUT2D eigenvalue weighted by Crippen LogP contribution is -2.13. The Bertz CT molecular complexity index is 731. The average Bonchev–Trinajstić information content (AvgIpc) is 2.70. The maximum absolute atomic E-state index is 12.8. The van der Waals surface area contributed by atoms with Crippen molar-refractivity contribution < 1.29 is 23.7 Å². The Kier molecular flexibility index (Phi) is 8.46. The standard InChI is InChI=1S/C22H29NO5/c1-5-13-28-18-11-9-17(10-12-18)23-22(24)16-14-19(25-6-2)21(27-8-4)20(15-16)26-7-3/h9-12,14-15H,5-8,13H2,1-4H3,(H,23,24).